The lowest BCUT2D eigenvalue weighted by Gasteiger charge is -2.13. The number of imidazole rings is 1. The van der Waals surface area contributed by atoms with Crippen LogP contribution in [0.2, 0.25) is 0 Å². The third-order valence-corrected chi connectivity index (χ3v) is 3.32. The Labute approximate surface area is 101 Å². The van der Waals surface area contributed by atoms with E-state index in [9.17, 15) is 0 Å². The van der Waals surface area contributed by atoms with Gasteiger partial charge in [-0.2, -0.15) is 0 Å². The Hall–Kier alpha value is -1.61. The lowest BCUT2D eigenvalue weighted by molar-refractivity contribution is 0.595. The highest BCUT2D eigenvalue weighted by Gasteiger charge is 2.20. The zero-order valence-corrected chi connectivity index (χ0v) is 10.1. The van der Waals surface area contributed by atoms with Crippen LogP contribution in [0.25, 0.3) is 5.69 Å². The molecule has 0 unspecified atom stereocenters. The van der Waals surface area contributed by atoms with E-state index < -0.39 is 0 Å². The molecule has 1 N–H and O–H groups in total. The largest absolute Gasteiger partial charge is 0.307 e. The summed E-state index contributed by atoms with van der Waals surface area (Å²) in [4.78, 5) is 4.50. The van der Waals surface area contributed by atoms with Gasteiger partial charge in [0.1, 0.15) is 5.82 Å². The van der Waals surface area contributed by atoms with Crippen LogP contribution in [0.15, 0.2) is 36.7 Å². The van der Waals surface area contributed by atoms with Crippen molar-refractivity contribution in [1.29, 1.82) is 0 Å². The first-order chi connectivity index (χ1) is 8.34. The zero-order chi connectivity index (χ0) is 11.7. The van der Waals surface area contributed by atoms with Crippen LogP contribution in [0.1, 0.15) is 30.3 Å². The number of rotatable bonds is 2. The summed E-state index contributed by atoms with van der Waals surface area (Å²) < 4.78 is 2.19. The van der Waals surface area contributed by atoms with Gasteiger partial charge in [-0.3, -0.25) is 0 Å². The summed E-state index contributed by atoms with van der Waals surface area (Å²) in [6.07, 6.45) is 6.36. The Morgan fingerprint density at radius 3 is 3.12 bits per heavy atom. The first-order valence-electron chi connectivity index (χ1n) is 6.18. The van der Waals surface area contributed by atoms with Gasteiger partial charge in [-0.15, -0.1) is 0 Å². The van der Waals surface area contributed by atoms with E-state index in [1.807, 2.05) is 12.4 Å². The number of hydrogen-bond donors (Lipinski definition) is 1. The van der Waals surface area contributed by atoms with E-state index in [1.165, 1.54) is 24.1 Å². The highest BCUT2D eigenvalue weighted by atomic mass is 15.1. The van der Waals surface area contributed by atoms with Crippen molar-refractivity contribution in [2.24, 2.45) is 0 Å². The van der Waals surface area contributed by atoms with Crippen LogP contribution >= 0.6 is 0 Å². The maximum absolute atomic E-state index is 4.50. The van der Waals surface area contributed by atoms with Gasteiger partial charge in [0, 0.05) is 18.1 Å². The van der Waals surface area contributed by atoms with Crippen LogP contribution in [-0.2, 0) is 0 Å². The first kappa shape index (κ1) is 10.5. The average Bonchev–Trinajstić information content (AvgIpc) is 3.00. The van der Waals surface area contributed by atoms with Crippen LogP contribution in [0, 0.1) is 6.92 Å². The third-order valence-electron chi connectivity index (χ3n) is 3.32. The quantitative estimate of drug-likeness (QED) is 0.854. The van der Waals surface area contributed by atoms with E-state index in [2.05, 4.69) is 46.1 Å². The topological polar surface area (TPSA) is 29.9 Å². The summed E-state index contributed by atoms with van der Waals surface area (Å²) in [5.74, 6) is 1.13. The summed E-state index contributed by atoms with van der Waals surface area (Å²) >= 11 is 0. The molecule has 1 aromatic carbocycles. The van der Waals surface area contributed by atoms with Gasteiger partial charge < -0.3 is 9.88 Å². The number of nitrogens with one attached hydrogen (secondary N) is 1. The molecule has 1 saturated heterocycles. The minimum Gasteiger partial charge on any atom is -0.307 e. The Morgan fingerprint density at radius 1 is 1.41 bits per heavy atom. The molecule has 0 saturated carbocycles. The fourth-order valence-electron chi connectivity index (χ4n) is 2.47. The van der Waals surface area contributed by atoms with Crippen LogP contribution in [0.4, 0.5) is 0 Å². The zero-order valence-electron chi connectivity index (χ0n) is 10.1. The monoisotopic (exact) mass is 227 g/mol. The average molecular weight is 227 g/mol. The minimum atomic E-state index is 0.408. The second kappa shape index (κ2) is 4.34. The van der Waals surface area contributed by atoms with Crippen molar-refractivity contribution in [2.75, 3.05) is 6.54 Å². The third kappa shape index (κ3) is 1.98. The number of aryl methyl sites for hydroxylation is 1. The number of hydrogen-bond acceptors (Lipinski definition) is 2. The molecule has 0 radical (unpaired) electrons. The van der Waals surface area contributed by atoms with Crippen molar-refractivity contribution in [3.63, 3.8) is 0 Å². The highest BCUT2D eigenvalue weighted by Crippen LogP contribution is 2.24. The van der Waals surface area contributed by atoms with Crippen LogP contribution in [0.5, 0.6) is 0 Å². The van der Waals surface area contributed by atoms with Crippen LogP contribution in [-0.4, -0.2) is 16.1 Å². The molecule has 2 aromatic rings. The van der Waals surface area contributed by atoms with Crippen molar-refractivity contribution in [3.05, 3.63) is 48.0 Å². The molecule has 1 aliphatic rings. The SMILES string of the molecule is Cc1cccc(-n2ccnc2[C@@H]2CCCN2)c1. The summed E-state index contributed by atoms with van der Waals surface area (Å²) in [7, 11) is 0. The van der Waals surface area contributed by atoms with Gasteiger partial charge >= 0.3 is 0 Å². The molecule has 0 bridgehead atoms. The van der Waals surface area contributed by atoms with Crippen molar-refractivity contribution >= 4 is 0 Å². The molecule has 1 fully saturated rings. The fourth-order valence-corrected chi connectivity index (χ4v) is 2.47. The van der Waals surface area contributed by atoms with Gasteiger partial charge in [0.05, 0.1) is 6.04 Å². The van der Waals surface area contributed by atoms with Crippen molar-refractivity contribution in [2.45, 2.75) is 25.8 Å². The number of nitrogens with zero attached hydrogens (tertiary/aromatic N) is 2. The van der Waals surface area contributed by atoms with Crippen LogP contribution in [0.3, 0.4) is 0 Å². The lowest BCUT2D eigenvalue weighted by atomic mass is 10.2. The molecule has 0 amide bonds. The summed E-state index contributed by atoms with van der Waals surface area (Å²) in [5, 5.41) is 3.50. The molecule has 17 heavy (non-hydrogen) atoms. The van der Waals surface area contributed by atoms with Gasteiger partial charge in [0.15, 0.2) is 0 Å². The predicted octanol–water partition coefficient (Wildman–Crippen LogP) is 2.61. The van der Waals surface area contributed by atoms with E-state index in [0.29, 0.717) is 6.04 Å². The molecule has 88 valence electrons. The molecule has 3 heteroatoms. The van der Waals surface area contributed by atoms with E-state index in [1.54, 1.807) is 0 Å². The van der Waals surface area contributed by atoms with Crippen molar-refractivity contribution in [1.82, 2.24) is 14.9 Å². The van der Waals surface area contributed by atoms with E-state index in [-0.39, 0.29) is 0 Å². The molecule has 3 nitrogen and oxygen atoms in total. The highest BCUT2D eigenvalue weighted by molar-refractivity contribution is 5.37. The molecule has 0 aliphatic carbocycles. The van der Waals surface area contributed by atoms with Crippen molar-refractivity contribution in [3.8, 4) is 5.69 Å². The summed E-state index contributed by atoms with van der Waals surface area (Å²) in [5.41, 5.74) is 2.48. The van der Waals surface area contributed by atoms with E-state index in [0.717, 1.165) is 12.4 Å². The summed E-state index contributed by atoms with van der Waals surface area (Å²) in [6.45, 7) is 3.22. The molecular weight excluding hydrogens is 210 g/mol. The van der Waals surface area contributed by atoms with Gasteiger partial charge in [-0.25, -0.2) is 4.98 Å². The Bertz CT molecular complexity index is 510. The molecule has 3 rings (SSSR count). The molecule has 1 aliphatic heterocycles. The standard InChI is InChI=1S/C14H17N3/c1-11-4-2-5-12(10-11)17-9-8-16-14(17)13-6-3-7-15-13/h2,4-5,8-10,13,15H,3,6-7H2,1H3/t13-/m0/s1. The maximum atomic E-state index is 4.50. The molecule has 2 heterocycles. The molecule has 1 aromatic heterocycles. The number of aromatic nitrogens is 2. The Morgan fingerprint density at radius 2 is 2.35 bits per heavy atom. The smallest absolute Gasteiger partial charge is 0.130 e. The van der Waals surface area contributed by atoms with Gasteiger partial charge in [0.25, 0.3) is 0 Å². The van der Waals surface area contributed by atoms with Crippen molar-refractivity contribution < 1.29 is 0 Å². The molecular formula is C14H17N3. The van der Waals surface area contributed by atoms with Gasteiger partial charge in [-0.05, 0) is 44.0 Å². The number of benzene rings is 1. The maximum Gasteiger partial charge on any atom is 0.130 e. The van der Waals surface area contributed by atoms with E-state index >= 15 is 0 Å². The van der Waals surface area contributed by atoms with Gasteiger partial charge in [-0.1, -0.05) is 12.1 Å². The first-order valence-corrected chi connectivity index (χ1v) is 6.18. The minimum absolute atomic E-state index is 0.408. The van der Waals surface area contributed by atoms with Gasteiger partial charge in [0.2, 0.25) is 0 Å². The second-order valence-electron chi connectivity index (χ2n) is 4.64. The Balaban J connectivity index is 2.00. The van der Waals surface area contributed by atoms with Crippen LogP contribution < -0.4 is 5.32 Å². The predicted molar refractivity (Wildman–Crippen MR) is 68.3 cm³/mol. The van der Waals surface area contributed by atoms with E-state index in [4.69, 9.17) is 0 Å². The lowest BCUT2D eigenvalue weighted by Crippen LogP contribution is -2.17. The summed E-state index contributed by atoms with van der Waals surface area (Å²) in [6, 6.07) is 8.95. The second-order valence-corrected chi connectivity index (χ2v) is 4.64. The fraction of sp³-hybridized carbons (Fsp3) is 0.357. The molecule has 1 atom stereocenters. The normalized spacial score (nSPS) is 19.7. The molecule has 0 spiro atoms. The Kier molecular flexibility index (Phi) is 2.69.